The highest BCUT2D eigenvalue weighted by Gasteiger charge is 2.15. The lowest BCUT2D eigenvalue weighted by molar-refractivity contribution is 1.66. The Morgan fingerprint density at radius 3 is 1.92 bits per heavy atom. The SMILES string of the molecule is [c]1cccc(-c2ccc3cccc4c5cccc6cccc(c2c34)c65)c1. The Morgan fingerprint density at radius 1 is 0.500 bits per heavy atom. The Labute approximate surface area is 151 Å². The second kappa shape index (κ2) is 5.06. The van der Waals surface area contributed by atoms with Crippen molar-refractivity contribution in [3.05, 3.63) is 97.1 Å². The van der Waals surface area contributed by atoms with Gasteiger partial charge in [0, 0.05) is 0 Å². The Balaban J connectivity index is 1.99. The van der Waals surface area contributed by atoms with Gasteiger partial charge in [0.05, 0.1) is 0 Å². The van der Waals surface area contributed by atoms with E-state index in [2.05, 4.69) is 91.0 Å². The van der Waals surface area contributed by atoms with Crippen molar-refractivity contribution < 1.29 is 0 Å². The first-order valence-electron chi connectivity index (χ1n) is 8.96. The normalized spacial score (nSPS) is 11.8. The van der Waals surface area contributed by atoms with Gasteiger partial charge in [-0.25, -0.2) is 0 Å². The van der Waals surface area contributed by atoms with Gasteiger partial charge in [0.2, 0.25) is 0 Å². The monoisotopic (exact) mass is 327 g/mol. The van der Waals surface area contributed by atoms with Crippen LogP contribution in [0.1, 0.15) is 0 Å². The summed E-state index contributed by atoms with van der Waals surface area (Å²) in [6.07, 6.45) is 0. The topological polar surface area (TPSA) is 0 Å². The quantitative estimate of drug-likeness (QED) is 0.221. The maximum Gasteiger partial charge on any atom is -0.00141 e. The molecule has 0 unspecified atom stereocenters. The van der Waals surface area contributed by atoms with Crippen LogP contribution in [0.5, 0.6) is 0 Å². The van der Waals surface area contributed by atoms with Crippen molar-refractivity contribution in [2.24, 2.45) is 0 Å². The minimum absolute atomic E-state index is 1.22. The fourth-order valence-electron chi connectivity index (χ4n) is 4.46. The molecule has 6 aromatic carbocycles. The van der Waals surface area contributed by atoms with E-state index in [9.17, 15) is 0 Å². The van der Waals surface area contributed by atoms with E-state index in [1.807, 2.05) is 6.07 Å². The molecule has 0 nitrogen and oxygen atoms in total. The number of benzene rings is 6. The minimum atomic E-state index is 1.22. The van der Waals surface area contributed by atoms with Crippen LogP contribution in [-0.4, -0.2) is 0 Å². The first-order valence-corrected chi connectivity index (χ1v) is 8.96. The summed E-state index contributed by atoms with van der Waals surface area (Å²) in [4.78, 5) is 0. The summed E-state index contributed by atoms with van der Waals surface area (Å²) >= 11 is 0. The predicted molar refractivity (Wildman–Crippen MR) is 112 cm³/mol. The highest BCUT2D eigenvalue weighted by atomic mass is 14.2. The van der Waals surface area contributed by atoms with E-state index in [0.717, 1.165) is 0 Å². The van der Waals surface area contributed by atoms with Gasteiger partial charge >= 0.3 is 0 Å². The van der Waals surface area contributed by atoms with Gasteiger partial charge in [-0.1, -0.05) is 84.9 Å². The summed E-state index contributed by atoms with van der Waals surface area (Å²) < 4.78 is 0. The zero-order valence-electron chi connectivity index (χ0n) is 14.2. The van der Waals surface area contributed by atoms with Crippen molar-refractivity contribution in [3.63, 3.8) is 0 Å². The van der Waals surface area contributed by atoms with Crippen molar-refractivity contribution >= 4 is 43.1 Å². The fraction of sp³-hybridized carbons (Fsp3) is 0. The number of hydrogen-bond donors (Lipinski definition) is 0. The maximum absolute atomic E-state index is 3.24. The lowest BCUT2D eigenvalue weighted by Gasteiger charge is -2.17. The molecular weight excluding hydrogens is 312 g/mol. The fourth-order valence-corrected chi connectivity index (χ4v) is 4.46. The number of rotatable bonds is 1. The van der Waals surface area contributed by atoms with Gasteiger partial charge < -0.3 is 0 Å². The third kappa shape index (κ3) is 1.74. The molecule has 0 aromatic heterocycles. The summed E-state index contributed by atoms with van der Waals surface area (Å²) in [7, 11) is 0. The summed E-state index contributed by atoms with van der Waals surface area (Å²) in [5.74, 6) is 0. The zero-order valence-corrected chi connectivity index (χ0v) is 14.2. The third-order valence-electron chi connectivity index (χ3n) is 5.53. The molecule has 0 N–H and O–H groups in total. The first kappa shape index (κ1) is 13.9. The van der Waals surface area contributed by atoms with Crippen LogP contribution in [0.4, 0.5) is 0 Å². The molecule has 0 fully saturated rings. The van der Waals surface area contributed by atoms with Crippen molar-refractivity contribution in [3.8, 4) is 11.1 Å². The molecule has 0 spiro atoms. The molecule has 0 bridgehead atoms. The highest BCUT2D eigenvalue weighted by Crippen LogP contribution is 2.43. The van der Waals surface area contributed by atoms with Gasteiger partial charge in [0.15, 0.2) is 0 Å². The van der Waals surface area contributed by atoms with E-state index in [-0.39, 0.29) is 0 Å². The number of fused-ring (bicyclic) bond motifs is 2. The van der Waals surface area contributed by atoms with Gasteiger partial charge in [-0.15, -0.1) is 0 Å². The van der Waals surface area contributed by atoms with Crippen LogP contribution in [0.25, 0.3) is 54.2 Å². The first-order chi connectivity index (χ1) is 12.9. The van der Waals surface area contributed by atoms with Crippen LogP contribution in [-0.2, 0) is 0 Å². The van der Waals surface area contributed by atoms with Crippen LogP contribution in [0.15, 0.2) is 91.0 Å². The van der Waals surface area contributed by atoms with Crippen LogP contribution < -0.4 is 0 Å². The minimum Gasteiger partial charge on any atom is -0.0610 e. The van der Waals surface area contributed by atoms with Crippen LogP contribution >= 0.6 is 0 Å². The average Bonchev–Trinajstić information content (AvgIpc) is 2.72. The van der Waals surface area contributed by atoms with E-state index in [1.165, 1.54) is 54.2 Å². The van der Waals surface area contributed by atoms with Gasteiger partial charge in [-0.05, 0) is 66.3 Å². The Kier molecular flexibility index (Phi) is 2.70. The number of hydrogen-bond acceptors (Lipinski definition) is 0. The molecular formula is C26H15. The van der Waals surface area contributed by atoms with Crippen LogP contribution in [0, 0.1) is 6.07 Å². The summed E-state index contributed by atoms with van der Waals surface area (Å²) in [6, 6.07) is 36.0. The van der Waals surface area contributed by atoms with E-state index in [0.29, 0.717) is 0 Å². The Hall–Kier alpha value is -3.38. The molecule has 0 heterocycles. The summed E-state index contributed by atoms with van der Waals surface area (Å²) in [5.41, 5.74) is 2.50. The van der Waals surface area contributed by atoms with Gasteiger partial charge in [0.25, 0.3) is 0 Å². The molecule has 26 heavy (non-hydrogen) atoms. The second-order valence-corrected chi connectivity index (χ2v) is 6.89. The van der Waals surface area contributed by atoms with E-state index in [4.69, 9.17) is 0 Å². The van der Waals surface area contributed by atoms with E-state index < -0.39 is 0 Å². The van der Waals surface area contributed by atoms with Crippen LogP contribution in [0.3, 0.4) is 0 Å². The average molecular weight is 327 g/mol. The van der Waals surface area contributed by atoms with Gasteiger partial charge in [0.1, 0.15) is 0 Å². The summed E-state index contributed by atoms with van der Waals surface area (Å²) in [6.45, 7) is 0. The molecule has 0 saturated carbocycles. The Bertz CT molecular complexity index is 1400. The van der Waals surface area contributed by atoms with Crippen molar-refractivity contribution in [2.45, 2.75) is 0 Å². The molecule has 0 saturated heterocycles. The molecule has 0 amide bonds. The lowest BCUT2D eigenvalue weighted by Crippen LogP contribution is -1.89. The largest absolute Gasteiger partial charge is 0.0610 e. The molecule has 0 aliphatic heterocycles. The molecule has 0 aliphatic rings. The molecule has 0 heteroatoms. The van der Waals surface area contributed by atoms with E-state index >= 15 is 0 Å². The third-order valence-corrected chi connectivity index (χ3v) is 5.53. The smallest absolute Gasteiger partial charge is 0.00141 e. The molecule has 0 atom stereocenters. The zero-order chi connectivity index (χ0) is 17.1. The van der Waals surface area contributed by atoms with Crippen molar-refractivity contribution in [2.75, 3.05) is 0 Å². The Morgan fingerprint density at radius 2 is 1.19 bits per heavy atom. The lowest BCUT2D eigenvalue weighted by atomic mass is 9.86. The molecule has 6 aromatic rings. The van der Waals surface area contributed by atoms with Gasteiger partial charge in [-0.2, -0.15) is 0 Å². The van der Waals surface area contributed by atoms with Crippen molar-refractivity contribution in [1.82, 2.24) is 0 Å². The maximum atomic E-state index is 3.24. The van der Waals surface area contributed by atoms with Crippen LogP contribution in [0.2, 0.25) is 0 Å². The molecule has 6 rings (SSSR count). The molecule has 1 radical (unpaired) electrons. The molecule has 119 valence electrons. The van der Waals surface area contributed by atoms with Crippen molar-refractivity contribution in [1.29, 1.82) is 0 Å². The summed E-state index contributed by atoms with van der Waals surface area (Å²) in [5, 5.41) is 10.7. The molecule has 0 aliphatic carbocycles. The second-order valence-electron chi connectivity index (χ2n) is 6.89. The highest BCUT2D eigenvalue weighted by molar-refractivity contribution is 6.35. The van der Waals surface area contributed by atoms with Gasteiger partial charge in [-0.3, -0.25) is 0 Å². The standard InChI is InChI=1S/C26H15/c1-2-7-17(8-3-1)20-16-15-19-11-5-13-22-21-12-4-9-18-10-6-14-23(24(18)21)26(20)25(19)22/h1-2,4-16H. The predicted octanol–water partition coefficient (Wildman–Crippen LogP) is 7.20. The van der Waals surface area contributed by atoms with E-state index in [1.54, 1.807) is 0 Å².